The molecule has 23 heavy (non-hydrogen) atoms. The van der Waals surface area contributed by atoms with Crippen molar-refractivity contribution in [1.82, 2.24) is 4.98 Å². The Labute approximate surface area is 137 Å². The number of aromatic nitrogens is 1. The molecule has 1 aromatic heterocycles. The summed E-state index contributed by atoms with van der Waals surface area (Å²) >= 11 is 1.57. The van der Waals surface area contributed by atoms with Gasteiger partial charge in [-0.25, -0.2) is 9.37 Å². The van der Waals surface area contributed by atoms with E-state index in [-0.39, 0.29) is 6.61 Å². The lowest BCUT2D eigenvalue weighted by atomic mass is 10.2. The number of halogens is 1. The molecule has 0 aliphatic carbocycles. The SMILES string of the molecule is CNc1ccc(-c2nc3ccc(OCC(O)C[18F])cc3s2)cc1. The molecule has 2 N–H and O–H groups in total. The van der Waals surface area contributed by atoms with Crippen LogP contribution in [0.25, 0.3) is 20.8 Å². The first-order valence-corrected chi connectivity index (χ1v) is 8.07. The minimum Gasteiger partial charge on any atom is -0.491 e. The maximum absolute atomic E-state index is 12.2. The number of hydrogen-bond donors (Lipinski definition) is 2. The van der Waals surface area contributed by atoms with Crippen molar-refractivity contribution in [3.63, 3.8) is 0 Å². The number of alkyl halides is 1. The van der Waals surface area contributed by atoms with Crippen LogP contribution in [-0.4, -0.2) is 36.5 Å². The molecule has 1 unspecified atom stereocenters. The average molecular weight is 331 g/mol. The Hall–Kier alpha value is -2.18. The van der Waals surface area contributed by atoms with E-state index < -0.39 is 12.8 Å². The Morgan fingerprint density at radius 1 is 1.26 bits per heavy atom. The van der Waals surface area contributed by atoms with Crippen molar-refractivity contribution in [2.45, 2.75) is 6.10 Å². The summed E-state index contributed by atoms with van der Waals surface area (Å²) in [6, 6.07) is 13.6. The summed E-state index contributed by atoms with van der Waals surface area (Å²) in [4.78, 5) is 4.62. The van der Waals surface area contributed by atoms with Crippen molar-refractivity contribution >= 4 is 27.2 Å². The molecule has 1 atom stereocenters. The lowest BCUT2D eigenvalue weighted by molar-refractivity contribution is 0.0842. The van der Waals surface area contributed by atoms with E-state index in [0.717, 1.165) is 26.5 Å². The van der Waals surface area contributed by atoms with Crippen molar-refractivity contribution in [3.05, 3.63) is 42.5 Å². The third-order valence-electron chi connectivity index (χ3n) is 3.40. The van der Waals surface area contributed by atoms with Crippen molar-refractivity contribution in [2.75, 3.05) is 25.6 Å². The number of rotatable bonds is 6. The van der Waals surface area contributed by atoms with Crippen molar-refractivity contribution in [3.8, 4) is 16.3 Å². The predicted molar refractivity (Wildman–Crippen MR) is 92.1 cm³/mol. The summed E-state index contributed by atoms with van der Waals surface area (Å²) in [7, 11) is 1.88. The number of hydrogen-bond acceptors (Lipinski definition) is 5. The van der Waals surface area contributed by atoms with E-state index >= 15 is 0 Å². The maximum Gasteiger partial charge on any atom is 0.124 e. The lowest BCUT2D eigenvalue weighted by Crippen LogP contribution is -2.19. The van der Waals surface area contributed by atoms with Crippen molar-refractivity contribution < 1.29 is 14.2 Å². The zero-order valence-corrected chi connectivity index (χ0v) is 13.4. The largest absolute Gasteiger partial charge is 0.491 e. The molecule has 0 amide bonds. The number of fused-ring (bicyclic) bond motifs is 1. The van der Waals surface area contributed by atoms with Crippen molar-refractivity contribution in [2.24, 2.45) is 0 Å². The number of benzene rings is 2. The van der Waals surface area contributed by atoms with Gasteiger partial charge < -0.3 is 15.2 Å². The molecule has 0 aliphatic rings. The van der Waals surface area contributed by atoms with Crippen LogP contribution in [0.5, 0.6) is 5.75 Å². The number of aliphatic hydroxyl groups excluding tert-OH is 1. The van der Waals surface area contributed by atoms with Gasteiger partial charge in [-0.15, -0.1) is 11.3 Å². The molecule has 1 heterocycles. The molecule has 0 saturated heterocycles. The number of nitrogens with zero attached hydrogens (tertiary/aromatic N) is 1. The fraction of sp³-hybridized carbons (Fsp3) is 0.235. The molecule has 0 bridgehead atoms. The van der Waals surface area contributed by atoms with Crippen LogP contribution < -0.4 is 10.1 Å². The predicted octanol–water partition coefficient (Wildman–Crippen LogP) is 3.71. The quantitative estimate of drug-likeness (QED) is 0.723. The Kier molecular flexibility index (Phi) is 4.73. The zero-order chi connectivity index (χ0) is 16.2. The van der Waals surface area contributed by atoms with Gasteiger partial charge in [0.1, 0.15) is 30.1 Å². The van der Waals surface area contributed by atoms with E-state index in [4.69, 9.17) is 4.74 Å². The van der Waals surface area contributed by atoms with Crippen molar-refractivity contribution in [1.29, 1.82) is 0 Å². The van der Waals surface area contributed by atoms with Crippen LogP contribution in [0.4, 0.5) is 10.1 Å². The standard InChI is InChI=1S/C17H17FN2O2S/c1-19-12-4-2-11(3-5-12)17-20-15-7-6-14(8-16(15)23-17)22-10-13(21)9-18/h2-8,13,19,21H,9-10H2,1H3/i18-1. The second kappa shape index (κ2) is 6.93. The lowest BCUT2D eigenvalue weighted by Gasteiger charge is -2.08. The highest BCUT2D eigenvalue weighted by atomic mass is 32.1. The van der Waals surface area contributed by atoms with Crippen LogP contribution in [0.3, 0.4) is 0 Å². The summed E-state index contributed by atoms with van der Waals surface area (Å²) in [5.74, 6) is 0.603. The number of thiazole rings is 1. The summed E-state index contributed by atoms with van der Waals surface area (Å²) < 4.78 is 18.6. The first-order chi connectivity index (χ1) is 11.2. The second-order valence-corrected chi connectivity index (χ2v) is 6.13. The van der Waals surface area contributed by atoms with Gasteiger partial charge in [-0.05, 0) is 42.5 Å². The van der Waals surface area contributed by atoms with E-state index in [1.165, 1.54) is 0 Å². The Morgan fingerprint density at radius 3 is 2.74 bits per heavy atom. The number of ether oxygens (including phenoxy) is 1. The highest BCUT2D eigenvalue weighted by Crippen LogP contribution is 2.32. The molecular weight excluding hydrogens is 314 g/mol. The summed E-state index contributed by atoms with van der Waals surface area (Å²) in [5.41, 5.74) is 3.00. The van der Waals surface area contributed by atoms with E-state index in [9.17, 15) is 9.50 Å². The fourth-order valence-corrected chi connectivity index (χ4v) is 3.13. The molecular formula is C17H17FN2O2S. The molecule has 3 aromatic rings. The molecule has 0 radical (unpaired) electrons. The zero-order valence-electron chi connectivity index (χ0n) is 12.6. The minimum atomic E-state index is -1.09. The highest BCUT2D eigenvalue weighted by molar-refractivity contribution is 7.21. The summed E-state index contributed by atoms with van der Waals surface area (Å²) in [6.45, 7) is -0.866. The molecule has 6 heteroatoms. The van der Waals surface area contributed by atoms with Gasteiger partial charge in [0.25, 0.3) is 0 Å². The monoisotopic (exact) mass is 331 g/mol. The topological polar surface area (TPSA) is 54.4 Å². The van der Waals surface area contributed by atoms with Crippen LogP contribution in [0.15, 0.2) is 42.5 Å². The molecule has 0 aliphatic heterocycles. The van der Waals surface area contributed by atoms with E-state index in [2.05, 4.69) is 10.3 Å². The summed E-state index contributed by atoms with van der Waals surface area (Å²) in [6.07, 6.45) is -1.09. The number of nitrogens with one attached hydrogen (secondary N) is 1. The first kappa shape index (κ1) is 15.7. The number of aliphatic hydroxyl groups is 1. The molecule has 0 fully saturated rings. The Balaban J connectivity index is 1.83. The minimum absolute atomic E-state index is 0.0564. The Morgan fingerprint density at radius 2 is 2.04 bits per heavy atom. The third kappa shape index (κ3) is 3.60. The van der Waals surface area contributed by atoms with Crippen LogP contribution in [0.1, 0.15) is 0 Å². The van der Waals surface area contributed by atoms with Crippen LogP contribution in [-0.2, 0) is 0 Å². The van der Waals surface area contributed by atoms with Gasteiger partial charge in [0.2, 0.25) is 0 Å². The van der Waals surface area contributed by atoms with Crippen LogP contribution in [0, 0.1) is 0 Å². The second-order valence-electron chi connectivity index (χ2n) is 5.10. The number of anilines is 1. The van der Waals surface area contributed by atoms with Gasteiger partial charge in [0.15, 0.2) is 0 Å². The normalized spacial score (nSPS) is 12.3. The molecule has 0 saturated carbocycles. The highest BCUT2D eigenvalue weighted by Gasteiger charge is 2.09. The smallest absolute Gasteiger partial charge is 0.124 e. The molecule has 2 aromatic carbocycles. The van der Waals surface area contributed by atoms with E-state index in [1.807, 2.05) is 43.4 Å². The van der Waals surface area contributed by atoms with Gasteiger partial charge in [-0.2, -0.15) is 0 Å². The van der Waals surface area contributed by atoms with E-state index in [1.54, 1.807) is 17.4 Å². The van der Waals surface area contributed by atoms with Gasteiger partial charge in [0, 0.05) is 18.3 Å². The molecule has 3 rings (SSSR count). The average Bonchev–Trinajstić information content (AvgIpc) is 3.03. The van der Waals surface area contributed by atoms with Crippen LogP contribution >= 0.6 is 11.3 Å². The molecule has 0 spiro atoms. The fourth-order valence-electron chi connectivity index (χ4n) is 2.13. The maximum atomic E-state index is 12.2. The van der Waals surface area contributed by atoms with Gasteiger partial charge in [0.05, 0.1) is 10.2 Å². The van der Waals surface area contributed by atoms with Crippen LogP contribution in [0.2, 0.25) is 0 Å². The third-order valence-corrected chi connectivity index (χ3v) is 4.47. The van der Waals surface area contributed by atoms with Gasteiger partial charge >= 0.3 is 0 Å². The van der Waals surface area contributed by atoms with E-state index in [0.29, 0.717) is 5.75 Å². The summed E-state index contributed by atoms with van der Waals surface area (Å²) in [5, 5.41) is 13.2. The van der Waals surface area contributed by atoms with Gasteiger partial charge in [-0.3, -0.25) is 0 Å². The molecule has 120 valence electrons. The molecule has 4 nitrogen and oxygen atoms in total. The first-order valence-electron chi connectivity index (χ1n) is 7.25. The van der Waals surface area contributed by atoms with Gasteiger partial charge in [-0.1, -0.05) is 0 Å². The Bertz CT molecular complexity index is 789.